The van der Waals surface area contributed by atoms with Gasteiger partial charge in [0.25, 0.3) is 5.91 Å². The molecule has 0 aromatic heterocycles. The maximum atomic E-state index is 12.6. The molecule has 1 saturated heterocycles. The van der Waals surface area contributed by atoms with E-state index in [4.69, 9.17) is 9.47 Å². The molecule has 1 amide bonds. The van der Waals surface area contributed by atoms with Gasteiger partial charge in [-0.2, -0.15) is 0 Å². The van der Waals surface area contributed by atoms with Gasteiger partial charge >= 0.3 is 0 Å². The van der Waals surface area contributed by atoms with Crippen molar-refractivity contribution in [3.8, 4) is 11.5 Å². The van der Waals surface area contributed by atoms with Crippen molar-refractivity contribution in [1.82, 2.24) is 4.90 Å². The van der Waals surface area contributed by atoms with E-state index in [1.807, 2.05) is 4.90 Å². The van der Waals surface area contributed by atoms with Crippen LogP contribution >= 0.6 is 15.9 Å². The molecule has 116 valence electrons. The summed E-state index contributed by atoms with van der Waals surface area (Å²) in [6.07, 6.45) is 2.08. The van der Waals surface area contributed by atoms with Crippen molar-refractivity contribution in [2.24, 2.45) is 5.92 Å². The summed E-state index contributed by atoms with van der Waals surface area (Å²) in [4.78, 5) is 15.0. The molecular weight excluding hydrogens is 334 g/mol. The van der Waals surface area contributed by atoms with E-state index < -0.39 is 0 Å². The van der Waals surface area contributed by atoms with Crippen molar-refractivity contribution >= 4 is 21.8 Å². The first kappa shape index (κ1) is 16.1. The van der Waals surface area contributed by atoms with Gasteiger partial charge in [-0.3, -0.25) is 4.79 Å². The Morgan fingerprint density at radius 3 is 2.14 bits per heavy atom. The molecule has 1 aliphatic rings. The molecule has 1 aliphatic heterocycles. The second-order valence-electron chi connectivity index (χ2n) is 5.41. The Kier molecular flexibility index (Phi) is 5.51. The average Bonchev–Trinajstić information content (AvgIpc) is 2.53. The maximum absolute atomic E-state index is 12.6. The molecule has 1 atom stereocenters. The summed E-state index contributed by atoms with van der Waals surface area (Å²) in [7, 11) is 3.18. The largest absolute Gasteiger partial charge is 0.497 e. The Bertz CT molecular complexity index is 474. The zero-order valence-corrected chi connectivity index (χ0v) is 14.4. The molecule has 1 aromatic rings. The van der Waals surface area contributed by atoms with Gasteiger partial charge in [-0.15, -0.1) is 0 Å². The molecule has 0 saturated carbocycles. The van der Waals surface area contributed by atoms with Gasteiger partial charge in [-0.1, -0.05) is 22.9 Å². The van der Waals surface area contributed by atoms with Crippen LogP contribution in [0.1, 0.15) is 30.1 Å². The molecule has 0 radical (unpaired) electrons. The topological polar surface area (TPSA) is 38.8 Å². The lowest BCUT2D eigenvalue weighted by molar-refractivity contribution is 0.0690. The van der Waals surface area contributed by atoms with Crippen LogP contribution in [0.25, 0.3) is 0 Å². The Balaban J connectivity index is 2.10. The second-order valence-corrected chi connectivity index (χ2v) is 6.85. The van der Waals surface area contributed by atoms with E-state index in [-0.39, 0.29) is 5.91 Å². The molecule has 1 heterocycles. The molecule has 0 spiro atoms. The minimum Gasteiger partial charge on any atom is -0.497 e. The number of amides is 1. The number of alkyl halides is 1. The highest BCUT2D eigenvalue weighted by molar-refractivity contribution is 9.09. The Morgan fingerprint density at radius 2 is 1.71 bits per heavy atom. The number of piperidine rings is 1. The number of methoxy groups -OCH3 is 2. The van der Waals surface area contributed by atoms with Crippen LogP contribution in [0.3, 0.4) is 0 Å². The van der Waals surface area contributed by atoms with Gasteiger partial charge in [-0.25, -0.2) is 0 Å². The summed E-state index contributed by atoms with van der Waals surface area (Å²) in [5, 5.41) is 0. The number of hydrogen-bond acceptors (Lipinski definition) is 3. The van der Waals surface area contributed by atoms with Crippen LogP contribution in [0.2, 0.25) is 0 Å². The third-order valence-corrected chi connectivity index (χ3v) is 4.82. The lowest BCUT2D eigenvalue weighted by Gasteiger charge is -2.33. The van der Waals surface area contributed by atoms with Crippen LogP contribution in [0.5, 0.6) is 11.5 Å². The van der Waals surface area contributed by atoms with Crippen LogP contribution < -0.4 is 9.47 Å². The monoisotopic (exact) mass is 355 g/mol. The SMILES string of the molecule is COc1cc(OC)cc(C(=O)N2CCC(C(C)Br)CC2)c1. The second kappa shape index (κ2) is 7.16. The molecule has 1 aromatic carbocycles. The number of halogens is 1. The number of likely N-dealkylation sites (tertiary alicyclic amines) is 1. The smallest absolute Gasteiger partial charge is 0.254 e. The highest BCUT2D eigenvalue weighted by Crippen LogP contribution is 2.28. The first-order valence-electron chi connectivity index (χ1n) is 7.21. The van der Waals surface area contributed by atoms with Crippen LogP contribution in [-0.4, -0.2) is 42.9 Å². The van der Waals surface area contributed by atoms with Crippen molar-refractivity contribution < 1.29 is 14.3 Å². The van der Waals surface area contributed by atoms with Crippen molar-refractivity contribution in [1.29, 1.82) is 0 Å². The molecule has 2 rings (SSSR count). The van der Waals surface area contributed by atoms with Gasteiger partial charge in [0.2, 0.25) is 0 Å². The van der Waals surface area contributed by atoms with E-state index in [9.17, 15) is 4.79 Å². The molecular formula is C16H22BrNO3. The van der Waals surface area contributed by atoms with E-state index in [2.05, 4.69) is 22.9 Å². The number of carbonyl (C=O) groups is 1. The molecule has 5 heteroatoms. The summed E-state index contributed by atoms with van der Waals surface area (Å²) in [5.41, 5.74) is 0.622. The number of rotatable bonds is 4. The highest BCUT2D eigenvalue weighted by atomic mass is 79.9. The highest BCUT2D eigenvalue weighted by Gasteiger charge is 2.26. The van der Waals surface area contributed by atoms with Gasteiger partial charge in [0.15, 0.2) is 0 Å². The molecule has 21 heavy (non-hydrogen) atoms. The van der Waals surface area contributed by atoms with Gasteiger partial charge in [0.1, 0.15) is 11.5 Å². The number of nitrogens with zero attached hydrogens (tertiary/aromatic N) is 1. The average molecular weight is 356 g/mol. The fourth-order valence-corrected chi connectivity index (χ4v) is 3.20. The van der Waals surface area contributed by atoms with Gasteiger partial charge < -0.3 is 14.4 Å². The first-order chi connectivity index (χ1) is 10.0. The van der Waals surface area contributed by atoms with Crippen molar-refractivity contribution in [2.75, 3.05) is 27.3 Å². The Morgan fingerprint density at radius 1 is 1.19 bits per heavy atom. The van der Waals surface area contributed by atoms with E-state index in [1.54, 1.807) is 32.4 Å². The summed E-state index contributed by atoms with van der Waals surface area (Å²) in [5.74, 6) is 1.98. The van der Waals surface area contributed by atoms with Crippen LogP contribution in [-0.2, 0) is 0 Å². The van der Waals surface area contributed by atoms with Crippen molar-refractivity contribution in [3.05, 3.63) is 23.8 Å². The van der Waals surface area contributed by atoms with Crippen molar-refractivity contribution in [2.45, 2.75) is 24.6 Å². The predicted octanol–water partition coefficient (Wildman–Crippen LogP) is 3.34. The van der Waals surface area contributed by atoms with Crippen LogP contribution in [0.15, 0.2) is 18.2 Å². The van der Waals surface area contributed by atoms with E-state index in [0.717, 1.165) is 25.9 Å². The van der Waals surface area contributed by atoms with E-state index >= 15 is 0 Å². The third kappa shape index (κ3) is 3.90. The minimum absolute atomic E-state index is 0.0490. The molecule has 0 N–H and O–H groups in total. The minimum atomic E-state index is 0.0490. The summed E-state index contributed by atoms with van der Waals surface area (Å²) in [6.45, 7) is 3.78. The molecule has 0 aliphatic carbocycles. The van der Waals surface area contributed by atoms with E-state index in [0.29, 0.717) is 27.8 Å². The maximum Gasteiger partial charge on any atom is 0.254 e. The number of ether oxygens (including phenoxy) is 2. The first-order valence-corrected chi connectivity index (χ1v) is 8.13. The molecule has 1 fully saturated rings. The Hall–Kier alpha value is -1.23. The zero-order valence-electron chi connectivity index (χ0n) is 12.8. The van der Waals surface area contributed by atoms with Gasteiger partial charge in [0.05, 0.1) is 14.2 Å². The number of benzene rings is 1. The standard InChI is InChI=1S/C16H22BrNO3/c1-11(17)12-4-6-18(7-5-12)16(19)13-8-14(20-2)10-15(9-13)21-3/h8-12H,4-7H2,1-3H3. The number of hydrogen-bond donors (Lipinski definition) is 0. The quantitative estimate of drug-likeness (QED) is 0.777. The molecule has 1 unspecified atom stereocenters. The normalized spacial score (nSPS) is 17.4. The van der Waals surface area contributed by atoms with E-state index in [1.165, 1.54) is 0 Å². The van der Waals surface area contributed by atoms with Crippen molar-refractivity contribution in [3.63, 3.8) is 0 Å². The summed E-state index contributed by atoms with van der Waals surface area (Å²) >= 11 is 3.64. The zero-order chi connectivity index (χ0) is 15.4. The predicted molar refractivity (Wildman–Crippen MR) is 86.6 cm³/mol. The number of carbonyl (C=O) groups excluding carboxylic acids is 1. The third-order valence-electron chi connectivity index (χ3n) is 4.07. The summed E-state index contributed by atoms with van der Waals surface area (Å²) < 4.78 is 10.5. The van der Waals surface area contributed by atoms with Gasteiger partial charge in [0, 0.05) is 29.5 Å². The molecule has 0 bridgehead atoms. The van der Waals surface area contributed by atoms with Gasteiger partial charge in [-0.05, 0) is 30.9 Å². The van der Waals surface area contributed by atoms with Crippen LogP contribution in [0.4, 0.5) is 0 Å². The summed E-state index contributed by atoms with van der Waals surface area (Å²) in [6, 6.07) is 5.31. The lowest BCUT2D eigenvalue weighted by atomic mass is 9.94. The Labute approximate surface area is 134 Å². The van der Waals surface area contributed by atoms with Crippen LogP contribution in [0, 0.1) is 5.92 Å². The fourth-order valence-electron chi connectivity index (χ4n) is 2.68. The molecule has 4 nitrogen and oxygen atoms in total. The lowest BCUT2D eigenvalue weighted by Crippen LogP contribution is -2.39. The fraction of sp³-hybridized carbons (Fsp3) is 0.562.